The van der Waals surface area contributed by atoms with Crippen LogP contribution in [0.3, 0.4) is 0 Å². The highest BCUT2D eigenvalue weighted by Gasteiger charge is 2.35. The third-order valence-electron chi connectivity index (χ3n) is 4.41. The van der Waals surface area contributed by atoms with Crippen molar-refractivity contribution < 1.29 is 4.79 Å². The predicted molar refractivity (Wildman–Crippen MR) is 85.5 cm³/mol. The molecule has 1 unspecified atom stereocenters. The maximum absolute atomic E-state index is 12.5. The molecule has 1 fully saturated rings. The third kappa shape index (κ3) is 3.04. The molecular formula is C17H22N4O. The van der Waals surface area contributed by atoms with Gasteiger partial charge in [0, 0.05) is 19.3 Å². The Morgan fingerprint density at radius 1 is 1.36 bits per heavy atom. The Hall–Kier alpha value is -2.14. The van der Waals surface area contributed by atoms with E-state index in [0.29, 0.717) is 18.7 Å². The summed E-state index contributed by atoms with van der Waals surface area (Å²) in [6.07, 6.45) is 4.45. The largest absolute Gasteiger partial charge is 0.338 e. The van der Waals surface area contributed by atoms with Gasteiger partial charge in [0.15, 0.2) is 0 Å². The number of carbonyl (C=O) groups is 1. The Morgan fingerprint density at radius 3 is 2.82 bits per heavy atom. The van der Waals surface area contributed by atoms with Crippen molar-refractivity contribution in [2.24, 2.45) is 11.1 Å². The van der Waals surface area contributed by atoms with Crippen molar-refractivity contribution in [1.29, 1.82) is 0 Å². The number of aromatic nitrogens is 2. The molecular weight excluding hydrogens is 276 g/mol. The van der Waals surface area contributed by atoms with Gasteiger partial charge in [0.25, 0.3) is 5.91 Å². The van der Waals surface area contributed by atoms with E-state index in [9.17, 15) is 4.79 Å². The van der Waals surface area contributed by atoms with Gasteiger partial charge in [-0.2, -0.15) is 5.10 Å². The molecule has 1 amide bonds. The zero-order valence-corrected chi connectivity index (χ0v) is 12.9. The molecule has 5 heteroatoms. The minimum atomic E-state index is 0.0513. The number of benzene rings is 1. The van der Waals surface area contributed by atoms with Crippen LogP contribution in [0.1, 0.15) is 29.3 Å². The summed E-state index contributed by atoms with van der Waals surface area (Å²) in [6, 6.07) is 10.1. The Morgan fingerprint density at radius 2 is 2.14 bits per heavy atom. The highest BCUT2D eigenvalue weighted by atomic mass is 16.2. The van der Waals surface area contributed by atoms with Crippen molar-refractivity contribution >= 4 is 5.91 Å². The third-order valence-corrected chi connectivity index (χ3v) is 4.41. The molecule has 3 rings (SSSR count). The van der Waals surface area contributed by atoms with Crippen LogP contribution in [0, 0.1) is 5.41 Å². The van der Waals surface area contributed by atoms with Gasteiger partial charge in [-0.25, -0.2) is 0 Å². The van der Waals surface area contributed by atoms with Gasteiger partial charge in [-0.05, 0) is 23.9 Å². The van der Waals surface area contributed by atoms with E-state index in [1.807, 2.05) is 29.3 Å². The second kappa shape index (κ2) is 5.93. The molecule has 5 nitrogen and oxygen atoms in total. The van der Waals surface area contributed by atoms with Gasteiger partial charge in [-0.3, -0.25) is 9.48 Å². The predicted octanol–water partition coefficient (Wildman–Crippen LogP) is 1.74. The maximum Gasteiger partial charge on any atom is 0.257 e. The molecule has 0 saturated carbocycles. The fraction of sp³-hybridized carbons (Fsp3) is 0.412. The van der Waals surface area contributed by atoms with Gasteiger partial charge >= 0.3 is 0 Å². The smallest absolute Gasteiger partial charge is 0.257 e. The number of likely N-dealkylation sites (tertiary alicyclic amines) is 1. The van der Waals surface area contributed by atoms with Gasteiger partial charge in [-0.1, -0.05) is 37.3 Å². The molecule has 1 aliphatic heterocycles. The molecule has 2 heterocycles. The van der Waals surface area contributed by atoms with Crippen LogP contribution in [0.4, 0.5) is 0 Å². The first-order valence-electron chi connectivity index (χ1n) is 7.65. The van der Waals surface area contributed by atoms with E-state index in [1.54, 1.807) is 10.9 Å². The molecule has 116 valence electrons. The molecule has 1 atom stereocenters. The summed E-state index contributed by atoms with van der Waals surface area (Å²) in [7, 11) is 0. The first kappa shape index (κ1) is 14.8. The van der Waals surface area contributed by atoms with E-state index in [4.69, 9.17) is 5.73 Å². The lowest BCUT2D eigenvalue weighted by Gasteiger charge is -2.22. The zero-order valence-electron chi connectivity index (χ0n) is 12.9. The second-order valence-electron chi connectivity index (χ2n) is 6.40. The highest BCUT2D eigenvalue weighted by molar-refractivity contribution is 5.94. The number of hydrogen-bond donors (Lipinski definition) is 1. The molecule has 1 aromatic carbocycles. The number of carbonyl (C=O) groups excluding carboxylic acids is 1. The Balaban J connectivity index is 1.67. The normalized spacial score (nSPS) is 21.3. The first-order valence-corrected chi connectivity index (χ1v) is 7.65. The number of hydrogen-bond acceptors (Lipinski definition) is 3. The van der Waals surface area contributed by atoms with Crippen LogP contribution in [-0.4, -0.2) is 40.2 Å². The monoisotopic (exact) mass is 298 g/mol. The Kier molecular flexibility index (Phi) is 3.98. The fourth-order valence-corrected chi connectivity index (χ4v) is 2.88. The van der Waals surface area contributed by atoms with Crippen LogP contribution in [0.15, 0.2) is 42.7 Å². The molecule has 2 aromatic rings. The van der Waals surface area contributed by atoms with Gasteiger partial charge in [0.1, 0.15) is 0 Å². The van der Waals surface area contributed by atoms with Crippen LogP contribution < -0.4 is 5.73 Å². The number of amides is 1. The van der Waals surface area contributed by atoms with Crippen LogP contribution >= 0.6 is 0 Å². The van der Waals surface area contributed by atoms with Crippen molar-refractivity contribution in [3.8, 4) is 0 Å². The average molecular weight is 298 g/mol. The van der Waals surface area contributed by atoms with E-state index in [-0.39, 0.29) is 11.3 Å². The van der Waals surface area contributed by atoms with E-state index in [0.717, 1.165) is 19.5 Å². The number of nitrogens with zero attached hydrogens (tertiary/aromatic N) is 3. The van der Waals surface area contributed by atoms with Crippen LogP contribution in [-0.2, 0) is 6.54 Å². The zero-order chi connectivity index (χ0) is 15.6. The SMILES string of the molecule is CC1(CN)CCN(C(=O)c2cnn(Cc3ccccc3)c2)C1. The van der Waals surface area contributed by atoms with Crippen LogP contribution in [0.5, 0.6) is 0 Å². The summed E-state index contributed by atoms with van der Waals surface area (Å²) >= 11 is 0. The molecule has 1 saturated heterocycles. The Bertz CT molecular complexity index is 652. The fourth-order valence-electron chi connectivity index (χ4n) is 2.88. The van der Waals surface area contributed by atoms with Crippen LogP contribution in [0.25, 0.3) is 0 Å². The topological polar surface area (TPSA) is 64.2 Å². The van der Waals surface area contributed by atoms with E-state index < -0.39 is 0 Å². The lowest BCUT2D eigenvalue weighted by atomic mass is 9.90. The van der Waals surface area contributed by atoms with E-state index in [1.165, 1.54) is 5.56 Å². The summed E-state index contributed by atoms with van der Waals surface area (Å²) < 4.78 is 1.81. The summed E-state index contributed by atoms with van der Waals surface area (Å²) in [4.78, 5) is 14.4. The molecule has 0 spiro atoms. The minimum Gasteiger partial charge on any atom is -0.338 e. The van der Waals surface area contributed by atoms with E-state index >= 15 is 0 Å². The Labute approximate surface area is 130 Å². The van der Waals surface area contributed by atoms with Crippen molar-refractivity contribution in [3.63, 3.8) is 0 Å². The summed E-state index contributed by atoms with van der Waals surface area (Å²) in [5, 5.41) is 4.30. The van der Waals surface area contributed by atoms with Gasteiger partial charge in [0.2, 0.25) is 0 Å². The molecule has 0 bridgehead atoms. The van der Waals surface area contributed by atoms with Crippen molar-refractivity contribution in [2.75, 3.05) is 19.6 Å². The first-order chi connectivity index (χ1) is 10.6. The van der Waals surface area contributed by atoms with Crippen LogP contribution in [0.2, 0.25) is 0 Å². The van der Waals surface area contributed by atoms with E-state index in [2.05, 4.69) is 24.2 Å². The molecule has 0 aliphatic carbocycles. The van der Waals surface area contributed by atoms with Gasteiger partial charge in [-0.15, -0.1) is 0 Å². The maximum atomic E-state index is 12.5. The summed E-state index contributed by atoms with van der Waals surface area (Å²) in [5.74, 6) is 0.0523. The molecule has 22 heavy (non-hydrogen) atoms. The highest BCUT2D eigenvalue weighted by Crippen LogP contribution is 2.29. The molecule has 2 N–H and O–H groups in total. The quantitative estimate of drug-likeness (QED) is 0.935. The molecule has 1 aliphatic rings. The van der Waals surface area contributed by atoms with Crippen molar-refractivity contribution in [2.45, 2.75) is 19.9 Å². The number of nitrogens with two attached hydrogens (primary N) is 1. The average Bonchev–Trinajstić information content (AvgIpc) is 3.15. The standard InChI is InChI=1S/C17H22N4O/c1-17(12-18)7-8-20(13-17)16(22)15-9-19-21(11-15)10-14-5-3-2-4-6-14/h2-6,9,11H,7-8,10,12-13,18H2,1H3. The van der Waals surface area contributed by atoms with Gasteiger partial charge < -0.3 is 10.6 Å². The van der Waals surface area contributed by atoms with Crippen molar-refractivity contribution in [1.82, 2.24) is 14.7 Å². The van der Waals surface area contributed by atoms with Gasteiger partial charge in [0.05, 0.1) is 18.3 Å². The lowest BCUT2D eigenvalue weighted by Crippen LogP contribution is -2.34. The lowest BCUT2D eigenvalue weighted by molar-refractivity contribution is 0.0777. The second-order valence-corrected chi connectivity index (χ2v) is 6.40. The minimum absolute atomic E-state index is 0.0513. The van der Waals surface area contributed by atoms with Crippen molar-refractivity contribution in [3.05, 3.63) is 53.9 Å². The summed E-state index contributed by atoms with van der Waals surface area (Å²) in [5.41, 5.74) is 7.67. The summed E-state index contributed by atoms with van der Waals surface area (Å²) in [6.45, 7) is 4.93. The number of rotatable bonds is 4. The molecule has 1 aromatic heterocycles. The molecule has 0 radical (unpaired) electrons.